The molecule has 0 aromatic carbocycles. The van der Waals surface area contributed by atoms with Crippen molar-refractivity contribution < 1.29 is 9.21 Å². The first-order valence-electron chi connectivity index (χ1n) is 8.09. The van der Waals surface area contributed by atoms with E-state index in [9.17, 15) is 4.79 Å². The first kappa shape index (κ1) is 17.2. The lowest BCUT2D eigenvalue weighted by atomic mass is 10.2. The Morgan fingerprint density at radius 2 is 1.62 bits per heavy atom. The molecule has 0 aliphatic carbocycles. The molecule has 0 radical (unpaired) electrons. The van der Waals surface area contributed by atoms with Crippen molar-refractivity contribution >= 4 is 39.9 Å². The number of rotatable bonds is 7. The Morgan fingerprint density at radius 3 is 2.19 bits per heavy atom. The zero-order chi connectivity index (χ0) is 17.8. The van der Waals surface area contributed by atoms with Crippen molar-refractivity contribution in [3.63, 3.8) is 0 Å². The lowest BCUT2D eigenvalue weighted by Crippen LogP contribution is -2.31. The first-order valence-corrected chi connectivity index (χ1v) is 10.7. The number of hydrogen-bond donors (Lipinski definition) is 0. The minimum atomic E-state index is 0.0535. The number of nitrogens with zero attached hydrogens (tertiary/aromatic N) is 2. The Labute approximate surface area is 163 Å². The molecule has 0 aliphatic rings. The molecule has 0 saturated carbocycles. The summed E-state index contributed by atoms with van der Waals surface area (Å²) in [6, 6.07) is 12.1. The lowest BCUT2D eigenvalue weighted by Gasteiger charge is -2.21. The molecule has 0 atom stereocenters. The first-order chi connectivity index (χ1) is 12.8. The van der Waals surface area contributed by atoms with Crippen LogP contribution in [0.2, 0.25) is 0 Å². The molecule has 4 heterocycles. The molecule has 0 saturated heterocycles. The number of carbonyl (C=O) groups excluding carboxylic acids is 1. The number of thiophene rings is 3. The van der Waals surface area contributed by atoms with Crippen molar-refractivity contribution in [2.24, 2.45) is 0 Å². The van der Waals surface area contributed by atoms with E-state index in [1.807, 2.05) is 45.3 Å². The second-order valence-electron chi connectivity index (χ2n) is 5.71. The molecular formula is C19H16N2O2S3. The molecule has 7 heteroatoms. The molecule has 0 fully saturated rings. The molecule has 0 N–H and O–H groups in total. The Bertz CT molecular complexity index is 905. The van der Waals surface area contributed by atoms with Crippen LogP contribution in [0.25, 0.3) is 10.8 Å². The van der Waals surface area contributed by atoms with Crippen LogP contribution in [0.5, 0.6) is 0 Å². The highest BCUT2D eigenvalue weighted by molar-refractivity contribution is 7.13. The van der Waals surface area contributed by atoms with Crippen molar-refractivity contribution in [2.75, 3.05) is 0 Å². The zero-order valence-electron chi connectivity index (χ0n) is 13.8. The van der Waals surface area contributed by atoms with Gasteiger partial charge in [-0.15, -0.1) is 34.0 Å². The molecule has 0 spiro atoms. The summed E-state index contributed by atoms with van der Waals surface area (Å²) in [5, 5.41) is 6.05. The van der Waals surface area contributed by atoms with E-state index in [2.05, 4.69) is 17.1 Å². The standard InChI is InChI=1S/C19H16N2O2S3/c22-18(10-14-13-23-19(20-14)17-6-3-9-26-17)21(11-15-4-1-7-24-15)12-16-5-2-8-25-16/h1-9,13H,10-12H2. The summed E-state index contributed by atoms with van der Waals surface area (Å²) in [5.41, 5.74) is 0.667. The number of aromatic nitrogens is 1. The van der Waals surface area contributed by atoms with Gasteiger partial charge in [-0.25, -0.2) is 4.98 Å². The third kappa shape index (κ3) is 4.12. The van der Waals surface area contributed by atoms with Crippen LogP contribution >= 0.6 is 34.0 Å². The van der Waals surface area contributed by atoms with Gasteiger partial charge < -0.3 is 9.32 Å². The third-order valence-corrected chi connectivity index (χ3v) is 6.40. The average molecular weight is 401 g/mol. The van der Waals surface area contributed by atoms with E-state index in [0.29, 0.717) is 24.7 Å². The highest BCUT2D eigenvalue weighted by atomic mass is 32.1. The maximum absolute atomic E-state index is 12.9. The molecule has 0 aliphatic heterocycles. The van der Waals surface area contributed by atoms with Crippen LogP contribution < -0.4 is 0 Å². The van der Waals surface area contributed by atoms with Gasteiger partial charge in [0.25, 0.3) is 0 Å². The van der Waals surface area contributed by atoms with Crippen LogP contribution in [0.1, 0.15) is 15.4 Å². The Hall–Kier alpha value is -2.22. The van der Waals surface area contributed by atoms with Crippen molar-refractivity contribution in [1.82, 2.24) is 9.88 Å². The van der Waals surface area contributed by atoms with Gasteiger partial charge in [0.15, 0.2) is 0 Å². The smallest absolute Gasteiger partial charge is 0.236 e. The highest BCUT2D eigenvalue weighted by Crippen LogP contribution is 2.24. The van der Waals surface area contributed by atoms with Gasteiger partial charge in [-0.05, 0) is 34.3 Å². The van der Waals surface area contributed by atoms with Crippen LogP contribution in [0.4, 0.5) is 0 Å². The fourth-order valence-corrected chi connectivity index (χ4v) is 4.68. The predicted molar refractivity (Wildman–Crippen MR) is 106 cm³/mol. The molecule has 0 unspecified atom stereocenters. The normalized spacial score (nSPS) is 10.9. The molecule has 4 aromatic rings. The topological polar surface area (TPSA) is 46.3 Å². The Morgan fingerprint density at radius 1 is 0.962 bits per heavy atom. The van der Waals surface area contributed by atoms with Gasteiger partial charge in [0.05, 0.1) is 30.1 Å². The molecular weight excluding hydrogens is 384 g/mol. The van der Waals surface area contributed by atoms with Gasteiger partial charge in [0, 0.05) is 9.75 Å². The Kier molecular flexibility index (Phi) is 5.29. The molecule has 26 heavy (non-hydrogen) atoms. The van der Waals surface area contributed by atoms with Crippen molar-refractivity contribution in [3.05, 3.63) is 74.2 Å². The number of amides is 1. The van der Waals surface area contributed by atoms with Crippen LogP contribution in [0.15, 0.2) is 63.2 Å². The lowest BCUT2D eigenvalue weighted by molar-refractivity contribution is -0.131. The number of oxazole rings is 1. The van der Waals surface area contributed by atoms with Crippen LogP contribution in [0.3, 0.4) is 0 Å². The minimum absolute atomic E-state index is 0.0535. The van der Waals surface area contributed by atoms with Crippen LogP contribution in [-0.2, 0) is 24.3 Å². The van der Waals surface area contributed by atoms with Crippen molar-refractivity contribution in [1.29, 1.82) is 0 Å². The summed E-state index contributed by atoms with van der Waals surface area (Å²) < 4.78 is 5.53. The third-order valence-electron chi connectivity index (χ3n) is 3.82. The van der Waals surface area contributed by atoms with Gasteiger partial charge in [-0.3, -0.25) is 4.79 Å². The van der Waals surface area contributed by atoms with E-state index < -0.39 is 0 Å². The Balaban J connectivity index is 1.48. The molecule has 4 aromatic heterocycles. The van der Waals surface area contributed by atoms with Crippen molar-refractivity contribution in [2.45, 2.75) is 19.5 Å². The predicted octanol–water partition coefficient (Wildman–Crippen LogP) is 5.30. The minimum Gasteiger partial charge on any atom is -0.444 e. The summed E-state index contributed by atoms with van der Waals surface area (Å²) in [5.74, 6) is 0.628. The van der Waals surface area contributed by atoms with Crippen molar-refractivity contribution in [3.8, 4) is 10.8 Å². The second-order valence-corrected chi connectivity index (χ2v) is 8.72. The summed E-state index contributed by atoms with van der Waals surface area (Å²) in [4.78, 5) is 22.6. The average Bonchev–Trinajstić information content (AvgIpc) is 3.41. The van der Waals surface area contributed by atoms with E-state index in [1.54, 1.807) is 40.3 Å². The molecule has 4 rings (SSSR count). The fraction of sp³-hybridized carbons (Fsp3) is 0.158. The van der Waals surface area contributed by atoms with Crippen LogP contribution in [0, 0.1) is 0 Å². The van der Waals surface area contributed by atoms with Gasteiger partial charge in [-0.2, -0.15) is 0 Å². The maximum atomic E-state index is 12.9. The summed E-state index contributed by atoms with van der Waals surface area (Å²) in [6.07, 6.45) is 1.83. The second kappa shape index (κ2) is 7.99. The van der Waals surface area contributed by atoms with Gasteiger partial charge in [-0.1, -0.05) is 18.2 Å². The van der Waals surface area contributed by atoms with E-state index in [4.69, 9.17) is 4.42 Å². The van der Waals surface area contributed by atoms with E-state index in [1.165, 1.54) is 9.75 Å². The molecule has 132 valence electrons. The van der Waals surface area contributed by atoms with E-state index in [0.717, 1.165) is 4.88 Å². The maximum Gasteiger partial charge on any atom is 0.236 e. The molecule has 0 bridgehead atoms. The summed E-state index contributed by atoms with van der Waals surface area (Å²) >= 11 is 4.90. The zero-order valence-corrected chi connectivity index (χ0v) is 16.3. The monoisotopic (exact) mass is 400 g/mol. The van der Waals surface area contributed by atoms with E-state index in [-0.39, 0.29) is 12.3 Å². The molecule has 1 amide bonds. The van der Waals surface area contributed by atoms with Gasteiger partial charge in [0.1, 0.15) is 6.26 Å². The van der Waals surface area contributed by atoms with Gasteiger partial charge in [0.2, 0.25) is 11.8 Å². The largest absolute Gasteiger partial charge is 0.444 e. The van der Waals surface area contributed by atoms with E-state index >= 15 is 0 Å². The fourth-order valence-electron chi connectivity index (χ4n) is 2.58. The summed E-state index contributed by atoms with van der Waals surface area (Å²) in [7, 11) is 0. The number of hydrogen-bond acceptors (Lipinski definition) is 6. The summed E-state index contributed by atoms with van der Waals surface area (Å²) in [6.45, 7) is 1.23. The molecule has 4 nitrogen and oxygen atoms in total. The van der Waals surface area contributed by atoms with Crippen LogP contribution in [-0.4, -0.2) is 15.8 Å². The number of carbonyl (C=O) groups is 1. The SMILES string of the molecule is O=C(Cc1coc(-c2cccs2)n1)N(Cc1cccs1)Cc1cccs1. The van der Waals surface area contributed by atoms with Gasteiger partial charge >= 0.3 is 0 Å². The quantitative estimate of drug-likeness (QED) is 0.423. The highest BCUT2D eigenvalue weighted by Gasteiger charge is 2.18.